The average molecular weight is 453 g/mol. The largest absolute Gasteiger partial charge is 0.497 e. The zero-order valence-electron chi connectivity index (χ0n) is 19.7. The minimum Gasteiger partial charge on any atom is -0.497 e. The van der Waals surface area contributed by atoms with Crippen LogP contribution in [0.3, 0.4) is 0 Å². The summed E-state index contributed by atoms with van der Waals surface area (Å²) in [5, 5.41) is 0. The Balaban J connectivity index is 1.76. The molecule has 8 nitrogen and oxygen atoms in total. The van der Waals surface area contributed by atoms with Crippen LogP contribution in [0, 0.1) is 27.7 Å². The molecule has 0 aliphatic rings. The van der Waals surface area contributed by atoms with Crippen LogP contribution in [0.15, 0.2) is 30.3 Å². The maximum absolute atomic E-state index is 12.9. The van der Waals surface area contributed by atoms with Gasteiger partial charge in [-0.2, -0.15) is 0 Å². The highest BCUT2D eigenvalue weighted by Crippen LogP contribution is 2.24. The number of hydrogen-bond acceptors (Lipinski definition) is 6. The lowest BCUT2D eigenvalue weighted by Crippen LogP contribution is -2.16. The van der Waals surface area contributed by atoms with E-state index in [0.717, 1.165) is 22.8 Å². The van der Waals surface area contributed by atoms with Crippen LogP contribution in [-0.4, -0.2) is 47.6 Å². The summed E-state index contributed by atoms with van der Waals surface area (Å²) in [4.78, 5) is 40.5. The zero-order chi connectivity index (χ0) is 24.3. The molecule has 0 atom stereocenters. The van der Waals surface area contributed by atoms with Crippen LogP contribution >= 0.6 is 0 Å². The Kier molecular flexibility index (Phi) is 7.06. The molecule has 0 spiro atoms. The minimum atomic E-state index is -0.705. The average Bonchev–Trinajstić information content (AvgIpc) is 3.26. The van der Waals surface area contributed by atoms with Crippen LogP contribution in [0.2, 0.25) is 0 Å². The number of aryl methyl sites for hydroxylation is 2. The van der Waals surface area contributed by atoms with Crippen LogP contribution in [0.5, 0.6) is 5.75 Å². The second-order valence-corrected chi connectivity index (χ2v) is 7.66. The number of Topliss-reactive ketones (excluding diaryl/α,β-unsaturated/α-hetero) is 1. The van der Waals surface area contributed by atoms with E-state index in [4.69, 9.17) is 14.2 Å². The molecule has 0 bridgehead atoms. The Hall–Kier alpha value is -3.81. The summed E-state index contributed by atoms with van der Waals surface area (Å²) >= 11 is 0. The van der Waals surface area contributed by atoms with Gasteiger partial charge in [-0.3, -0.25) is 4.79 Å². The van der Waals surface area contributed by atoms with Gasteiger partial charge < -0.3 is 23.8 Å². The van der Waals surface area contributed by atoms with E-state index in [1.807, 2.05) is 42.7 Å². The minimum absolute atomic E-state index is 0.132. The molecule has 174 valence electrons. The van der Waals surface area contributed by atoms with E-state index >= 15 is 0 Å². The van der Waals surface area contributed by atoms with Crippen molar-refractivity contribution in [2.45, 2.75) is 34.6 Å². The molecule has 0 radical (unpaired) electrons. The molecule has 8 heteroatoms. The quantitative estimate of drug-likeness (QED) is 0.405. The summed E-state index contributed by atoms with van der Waals surface area (Å²) in [5.74, 6) is -0.790. The SMILES string of the molecule is CCOC(=O)c1c(C)[nH]c(C(=O)OCC(=O)c2cc(C)n(-c3ccc(OC)cc3)c2C)c1C. The van der Waals surface area contributed by atoms with Crippen LogP contribution in [-0.2, 0) is 9.47 Å². The topological polar surface area (TPSA) is 99.6 Å². The first-order valence-electron chi connectivity index (χ1n) is 10.6. The van der Waals surface area contributed by atoms with E-state index in [9.17, 15) is 14.4 Å². The maximum Gasteiger partial charge on any atom is 0.355 e. The van der Waals surface area contributed by atoms with E-state index in [-0.39, 0.29) is 18.1 Å². The molecule has 3 rings (SSSR count). The maximum atomic E-state index is 12.9. The Labute approximate surface area is 192 Å². The highest BCUT2D eigenvalue weighted by Gasteiger charge is 2.25. The van der Waals surface area contributed by atoms with Gasteiger partial charge in [0.25, 0.3) is 0 Å². The highest BCUT2D eigenvalue weighted by atomic mass is 16.5. The number of hydrogen-bond donors (Lipinski definition) is 1. The van der Waals surface area contributed by atoms with E-state index in [1.54, 1.807) is 33.9 Å². The first-order valence-corrected chi connectivity index (χ1v) is 10.6. The van der Waals surface area contributed by atoms with E-state index < -0.39 is 18.5 Å². The smallest absolute Gasteiger partial charge is 0.355 e. The fourth-order valence-electron chi connectivity index (χ4n) is 3.92. The number of ketones is 1. The molecule has 2 aromatic heterocycles. The summed E-state index contributed by atoms with van der Waals surface area (Å²) in [6.45, 7) is 8.58. The fraction of sp³-hybridized carbons (Fsp3) is 0.320. The summed E-state index contributed by atoms with van der Waals surface area (Å²) in [5.41, 5.74) is 4.37. The predicted molar refractivity (Wildman–Crippen MR) is 123 cm³/mol. The van der Waals surface area contributed by atoms with Gasteiger partial charge in [-0.25, -0.2) is 9.59 Å². The molecule has 1 N–H and O–H groups in total. The van der Waals surface area contributed by atoms with Gasteiger partial charge in [-0.1, -0.05) is 0 Å². The van der Waals surface area contributed by atoms with Crippen molar-refractivity contribution in [1.82, 2.24) is 9.55 Å². The van der Waals surface area contributed by atoms with Crippen molar-refractivity contribution in [1.29, 1.82) is 0 Å². The number of benzene rings is 1. The summed E-state index contributed by atoms with van der Waals surface area (Å²) in [6.07, 6.45) is 0. The molecular weight excluding hydrogens is 424 g/mol. The summed E-state index contributed by atoms with van der Waals surface area (Å²) < 4.78 is 17.5. The number of aromatic amines is 1. The molecule has 2 heterocycles. The molecule has 3 aromatic rings. The fourth-order valence-corrected chi connectivity index (χ4v) is 3.92. The van der Waals surface area contributed by atoms with Gasteiger partial charge in [0.1, 0.15) is 11.4 Å². The van der Waals surface area contributed by atoms with E-state index in [0.29, 0.717) is 22.4 Å². The van der Waals surface area contributed by atoms with E-state index in [1.165, 1.54) is 0 Å². The van der Waals surface area contributed by atoms with Crippen molar-refractivity contribution < 1.29 is 28.6 Å². The summed E-state index contributed by atoms with van der Waals surface area (Å²) in [6, 6.07) is 9.29. The lowest BCUT2D eigenvalue weighted by atomic mass is 10.1. The molecule has 0 aliphatic heterocycles. The molecule has 1 aromatic carbocycles. The van der Waals surface area contributed by atoms with Crippen LogP contribution < -0.4 is 4.74 Å². The molecule has 0 aliphatic carbocycles. The van der Waals surface area contributed by atoms with Crippen molar-refractivity contribution in [3.63, 3.8) is 0 Å². The third-order valence-corrected chi connectivity index (χ3v) is 5.52. The van der Waals surface area contributed by atoms with Gasteiger partial charge in [0, 0.05) is 28.3 Å². The number of carbonyl (C=O) groups is 3. The number of ether oxygens (including phenoxy) is 3. The Morgan fingerprint density at radius 3 is 2.24 bits per heavy atom. The van der Waals surface area contributed by atoms with Crippen molar-refractivity contribution >= 4 is 17.7 Å². The summed E-state index contributed by atoms with van der Waals surface area (Å²) in [7, 11) is 1.60. The van der Waals surface area contributed by atoms with Crippen LogP contribution in [0.4, 0.5) is 0 Å². The number of carbonyl (C=O) groups excluding carboxylic acids is 3. The second kappa shape index (κ2) is 9.77. The van der Waals surface area contributed by atoms with Crippen LogP contribution in [0.25, 0.3) is 5.69 Å². The second-order valence-electron chi connectivity index (χ2n) is 7.66. The first-order chi connectivity index (χ1) is 15.7. The van der Waals surface area contributed by atoms with Gasteiger partial charge in [-0.15, -0.1) is 0 Å². The van der Waals surface area contributed by atoms with Crippen molar-refractivity contribution in [2.24, 2.45) is 0 Å². The van der Waals surface area contributed by atoms with Crippen molar-refractivity contribution in [3.05, 3.63) is 69.8 Å². The normalized spacial score (nSPS) is 10.7. The molecule has 0 fully saturated rings. The number of aromatic nitrogens is 2. The lowest BCUT2D eigenvalue weighted by molar-refractivity contribution is 0.0468. The number of esters is 2. The third-order valence-electron chi connectivity index (χ3n) is 5.52. The lowest BCUT2D eigenvalue weighted by Gasteiger charge is -2.11. The molecule has 0 saturated carbocycles. The monoisotopic (exact) mass is 452 g/mol. The van der Waals surface area contributed by atoms with E-state index in [2.05, 4.69) is 4.98 Å². The Bertz CT molecular complexity index is 1200. The van der Waals surface area contributed by atoms with Gasteiger partial charge in [0.15, 0.2) is 6.61 Å². The molecule has 33 heavy (non-hydrogen) atoms. The predicted octanol–water partition coefficient (Wildman–Crippen LogP) is 4.26. The number of rotatable bonds is 8. The standard InChI is InChI=1S/C25H28N2O6/c1-7-32-24(29)22-15(3)23(26-16(22)4)25(30)33-13-21(28)20-12-14(2)27(17(20)5)18-8-10-19(31-6)11-9-18/h8-12,26H,7,13H2,1-6H3. The molecule has 0 saturated heterocycles. The van der Waals surface area contributed by atoms with Gasteiger partial charge in [0.2, 0.25) is 5.78 Å². The number of methoxy groups -OCH3 is 1. The van der Waals surface area contributed by atoms with Crippen LogP contribution in [0.1, 0.15) is 60.8 Å². The first kappa shape index (κ1) is 23.8. The van der Waals surface area contributed by atoms with Crippen molar-refractivity contribution in [2.75, 3.05) is 20.3 Å². The Morgan fingerprint density at radius 2 is 1.64 bits per heavy atom. The van der Waals surface area contributed by atoms with Crippen molar-refractivity contribution in [3.8, 4) is 11.4 Å². The molecular formula is C25H28N2O6. The van der Waals surface area contributed by atoms with Gasteiger partial charge in [-0.05, 0) is 70.5 Å². The number of nitrogens with one attached hydrogen (secondary N) is 1. The highest BCUT2D eigenvalue weighted by molar-refractivity contribution is 6.02. The van der Waals surface area contributed by atoms with Gasteiger partial charge in [0.05, 0.1) is 19.3 Å². The van der Waals surface area contributed by atoms with Gasteiger partial charge >= 0.3 is 11.9 Å². The zero-order valence-corrected chi connectivity index (χ0v) is 19.7. The third kappa shape index (κ3) is 4.69. The Morgan fingerprint density at radius 1 is 0.970 bits per heavy atom. The number of H-pyrrole nitrogens is 1. The molecule has 0 unspecified atom stereocenters. The number of nitrogens with zero attached hydrogens (tertiary/aromatic N) is 1. The molecule has 0 amide bonds.